The molecule has 0 unspecified atom stereocenters. The van der Waals surface area contributed by atoms with Crippen LogP contribution in [0, 0.1) is 13.8 Å². The van der Waals surface area contributed by atoms with Crippen molar-refractivity contribution in [1.82, 2.24) is 4.98 Å². The Kier molecular flexibility index (Phi) is 5.99. The molecule has 1 aliphatic heterocycles. The Hall–Kier alpha value is -3.77. The van der Waals surface area contributed by atoms with Gasteiger partial charge in [0, 0.05) is 40.0 Å². The molecule has 0 fully saturated rings. The zero-order valence-electron chi connectivity index (χ0n) is 19.2. The van der Waals surface area contributed by atoms with Crippen LogP contribution < -0.4 is 10.2 Å². The predicted molar refractivity (Wildman–Crippen MR) is 138 cm³/mol. The van der Waals surface area contributed by atoms with Crippen molar-refractivity contribution in [2.75, 3.05) is 16.8 Å². The molecule has 6 heteroatoms. The van der Waals surface area contributed by atoms with E-state index in [4.69, 9.17) is 0 Å². The number of carbonyl (C=O) groups excluding carboxylic acids is 2. The molecular weight excluding hydrogens is 442 g/mol. The van der Waals surface area contributed by atoms with Crippen LogP contribution >= 0.6 is 11.3 Å². The standard InChI is InChI=1S/C28H25N3O2S/c1-18-6-3-8-23(14-18)28(33)31-13-5-9-21-15-22(11-12-26(21)31)27(32)30-24-10-4-7-20(16-24)25-17-34-19(2)29-25/h3-4,6-8,10-12,14-17H,5,9,13H2,1-2H3,(H,30,32). The van der Waals surface area contributed by atoms with Crippen molar-refractivity contribution in [3.8, 4) is 11.3 Å². The number of hydrogen-bond donors (Lipinski definition) is 1. The van der Waals surface area contributed by atoms with Crippen LogP contribution in [0.1, 0.15) is 43.3 Å². The van der Waals surface area contributed by atoms with E-state index >= 15 is 0 Å². The lowest BCUT2D eigenvalue weighted by atomic mass is 9.98. The lowest BCUT2D eigenvalue weighted by Gasteiger charge is -2.30. The number of carbonyl (C=O) groups is 2. The van der Waals surface area contributed by atoms with E-state index in [0.29, 0.717) is 17.7 Å². The molecule has 1 aliphatic rings. The van der Waals surface area contributed by atoms with Gasteiger partial charge in [-0.2, -0.15) is 0 Å². The van der Waals surface area contributed by atoms with Gasteiger partial charge in [0.1, 0.15) is 0 Å². The molecule has 1 aromatic heterocycles. The number of nitrogens with one attached hydrogen (secondary N) is 1. The minimum absolute atomic E-state index is 0.00376. The second-order valence-electron chi connectivity index (χ2n) is 8.56. The van der Waals surface area contributed by atoms with Crippen molar-refractivity contribution in [3.05, 3.63) is 99.4 Å². The van der Waals surface area contributed by atoms with Gasteiger partial charge in [-0.05, 0) is 74.7 Å². The third-order valence-corrected chi connectivity index (χ3v) is 6.78. The second kappa shape index (κ2) is 9.23. The lowest BCUT2D eigenvalue weighted by Crippen LogP contribution is -2.35. The van der Waals surface area contributed by atoms with Crippen molar-refractivity contribution in [2.45, 2.75) is 26.7 Å². The van der Waals surface area contributed by atoms with Crippen LogP contribution in [-0.2, 0) is 6.42 Å². The van der Waals surface area contributed by atoms with E-state index in [-0.39, 0.29) is 11.8 Å². The van der Waals surface area contributed by atoms with Gasteiger partial charge in [0.25, 0.3) is 11.8 Å². The van der Waals surface area contributed by atoms with E-state index in [0.717, 1.165) is 51.6 Å². The topological polar surface area (TPSA) is 62.3 Å². The van der Waals surface area contributed by atoms with Gasteiger partial charge in [-0.25, -0.2) is 4.98 Å². The molecule has 1 N–H and O–H groups in total. The van der Waals surface area contributed by atoms with Crippen molar-refractivity contribution >= 4 is 34.5 Å². The molecule has 5 rings (SSSR count). The molecule has 170 valence electrons. The third-order valence-electron chi connectivity index (χ3n) is 6.01. The van der Waals surface area contributed by atoms with Gasteiger partial charge < -0.3 is 10.2 Å². The number of aromatic nitrogens is 1. The van der Waals surface area contributed by atoms with Crippen molar-refractivity contribution in [3.63, 3.8) is 0 Å². The fraction of sp³-hybridized carbons (Fsp3) is 0.179. The van der Waals surface area contributed by atoms with Gasteiger partial charge in [0.15, 0.2) is 0 Å². The summed E-state index contributed by atoms with van der Waals surface area (Å²) < 4.78 is 0. The highest BCUT2D eigenvalue weighted by molar-refractivity contribution is 7.09. The fourth-order valence-electron chi connectivity index (χ4n) is 4.34. The molecule has 4 aromatic rings. The predicted octanol–water partition coefficient (Wildman–Crippen LogP) is 6.27. The third kappa shape index (κ3) is 4.50. The largest absolute Gasteiger partial charge is 0.322 e. The van der Waals surface area contributed by atoms with Crippen molar-refractivity contribution < 1.29 is 9.59 Å². The van der Waals surface area contributed by atoms with E-state index in [1.807, 2.05) is 84.8 Å². The summed E-state index contributed by atoms with van der Waals surface area (Å²) >= 11 is 1.60. The van der Waals surface area contributed by atoms with Gasteiger partial charge in [-0.15, -0.1) is 11.3 Å². The minimum atomic E-state index is -0.170. The molecule has 3 aromatic carbocycles. The highest BCUT2D eigenvalue weighted by atomic mass is 32.1. The molecule has 0 spiro atoms. The van der Waals surface area contributed by atoms with Crippen LogP contribution in [0.2, 0.25) is 0 Å². The first kappa shape index (κ1) is 22.0. The normalized spacial score (nSPS) is 12.8. The molecule has 0 saturated heterocycles. The monoisotopic (exact) mass is 467 g/mol. The summed E-state index contributed by atoms with van der Waals surface area (Å²) in [5.41, 5.74) is 6.83. The number of anilines is 2. The highest BCUT2D eigenvalue weighted by Gasteiger charge is 2.24. The van der Waals surface area contributed by atoms with Gasteiger partial charge in [0.05, 0.1) is 10.7 Å². The van der Waals surface area contributed by atoms with E-state index in [1.54, 1.807) is 17.4 Å². The Labute approximate surface area is 203 Å². The first-order valence-electron chi connectivity index (χ1n) is 11.3. The molecule has 0 radical (unpaired) electrons. The summed E-state index contributed by atoms with van der Waals surface area (Å²) in [5, 5.41) is 6.03. The maximum absolute atomic E-state index is 13.2. The first-order chi connectivity index (χ1) is 16.5. The number of thiazole rings is 1. The van der Waals surface area contributed by atoms with Gasteiger partial charge in [-0.3, -0.25) is 9.59 Å². The highest BCUT2D eigenvalue weighted by Crippen LogP contribution is 2.30. The van der Waals surface area contributed by atoms with Gasteiger partial charge >= 0.3 is 0 Å². The summed E-state index contributed by atoms with van der Waals surface area (Å²) in [6.45, 7) is 4.64. The number of amides is 2. The number of hydrogen-bond acceptors (Lipinski definition) is 4. The number of fused-ring (bicyclic) bond motifs is 1. The molecule has 0 bridgehead atoms. The smallest absolute Gasteiger partial charge is 0.258 e. The Morgan fingerprint density at radius 1 is 0.971 bits per heavy atom. The number of rotatable bonds is 4. The first-order valence-corrected chi connectivity index (χ1v) is 12.2. The van der Waals surface area contributed by atoms with Gasteiger partial charge in [0.2, 0.25) is 0 Å². The van der Waals surface area contributed by atoms with Crippen LogP contribution in [-0.4, -0.2) is 23.3 Å². The lowest BCUT2D eigenvalue weighted by molar-refractivity contribution is 0.0984. The molecule has 2 amide bonds. The van der Waals surface area contributed by atoms with Crippen LogP contribution in [0.15, 0.2) is 72.1 Å². The molecule has 0 atom stereocenters. The van der Waals surface area contributed by atoms with Crippen LogP contribution in [0.4, 0.5) is 11.4 Å². The molecule has 0 aliphatic carbocycles. The SMILES string of the molecule is Cc1cccc(C(=O)N2CCCc3cc(C(=O)Nc4cccc(-c5csc(C)n5)c4)ccc32)c1. The summed E-state index contributed by atoms with van der Waals surface area (Å²) in [7, 11) is 0. The van der Waals surface area contributed by atoms with Crippen molar-refractivity contribution in [1.29, 1.82) is 0 Å². The van der Waals surface area contributed by atoms with E-state index < -0.39 is 0 Å². The fourth-order valence-corrected chi connectivity index (χ4v) is 4.96. The second-order valence-corrected chi connectivity index (χ2v) is 9.62. The molecular formula is C28H25N3O2S. The Balaban J connectivity index is 1.36. The quantitative estimate of drug-likeness (QED) is 0.385. The molecule has 0 saturated carbocycles. The maximum Gasteiger partial charge on any atom is 0.258 e. The minimum Gasteiger partial charge on any atom is -0.322 e. The Bertz CT molecular complexity index is 1390. The summed E-state index contributed by atoms with van der Waals surface area (Å²) in [5.74, 6) is -0.174. The van der Waals surface area contributed by atoms with E-state index in [2.05, 4.69) is 10.3 Å². The average molecular weight is 468 g/mol. The molecule has 34 heavy (non-hydrogen) atoms. The van der Waals surface area contributed by atoms with Crippen LogP contribution in [0.25, 0.3) is 11.3 Å². The Morgan fingerprint density at radius 3 is 2.62 bits per heavy atom. The Morgan fingerprint density at radius 2 is 1.82 bits per heavy atom. The van der Waals surface area contributed by atoms with E-state index in [9.17, 15) is 9.59 Å². The van der Waals surface area contributed by atoms with Crippen LogP contribution in [0.5, 0.6) is 0 Å². The average Bonchev–Trinajstić information content (AvgIpc) is 3.29. The van der Waals surface area contributed by atoms with E-state index in [1.165, 1.54) is 0 Å². The summed E-state index contributed by atoms with van der Waals surface area (Å²) in [6.07, 6.45) is 1.71. The van der Waals surface area contributed by atoms with Crippen molar-refractivity contribution in [2.24, 2.45) is 0 Å². The molecule has 5 nitrogen and oxygen atoms in total. The summed E-state index contributed by atoms with van der Waals surface area (Å²) in [6, 6.07) is 21.0. The zero-order chi connectivity index (χ0) is 23.7. The van der Waals surface area contributed by atoms with Gasteiger partial charge in [-0.1, -0.05) is 29.8 Å². The maximum atomic E-state index is 13.2. The number of nitrogens with zero attached hydrogens (tertiary/aromatic N) is 2. The molecule has 2 heterocycles. The number of benzene rings is 3. The van der Waals surface area contributed by atoms with Crippen LogP contribution in [0.3, 0.4) is 0 Å². The summed E-state index contributed by atoms with van der Waals surface area (Å²) in [4.78, 5) is 32.5. The zero-order valence-corrected chi connectivity index (χ0v) is 20.0. The number of aryl methyl sites for hydroxylation is 3.